The summed E-state index contributed by atoms with van der Waals surface area (Å²) in [6, 6.07) is 20.8. The van der Waals surface area contributed by atoms with E-state index in [4.69, 9.17) is 10.4 Å². The first-order valence-electron chi connectivity index (χ1n) is 5.73. The molecule has 0 heterocycles. The average molecular weight is 283 g/mol. The Labute approximate surface area is 122 Å². The van der Waals surface area contributed by atoms with Crippen LogP contribution in [0.25, 0.3) is 11.1 Å². The molecule has 2 aromatic carbocycles. The fraction of sp³-hybridized carbons (Fsp3) is 0. The third-order valence-electron chi connectivity index (χ3n) is 2.29. The van der Waals surface area contributed by atoms with Gasteiger partial charge < -0.3 is 5.11 Å². The molecule has 0 unspecified atom stereocenters. The standard InChI is InChI=1S/C12H10.C4H3NO2S/c1-3-7-11(8-4-1)12-9-5-2-6-10-12;1-3(4(6)7)8-2-5/h1-10H;1H2,(H,6,7). The number of rotatable bonds is 3. The molecule has 2 rings (SSSR count). The lowest BCUT2D eigenvalue weighted by Gasteiger charge is -1.98. The van der Waals surface area contributed by atoms with Gasteiger partial charge in [-0.1, -0.05) is 67.2 Å². The molecule has 0 aromatic heterocycles. The van der Waals surface area contributed by atoms with Crippen molar-refractivity contribution < 1.29 is 9.90 Å². The topological polar surface area (TPSA) is 61.1 Å². The van der Waals surface area contributed by atoms with Gasteiger partial charge in [0.2, 0.25) is 0 Å². The molecule has 0 bridgehead atoms. The Morgan fingerprint density at radius 1 is 1.00 bits per heavy atom. The molecule has 1 N–H and O–H groups in total. The Morgan fingerprint density at radius 3 is 1.65 bits per heavy atom. The Morgan fingerprint density at radius 2 is 1.40 bits per heavy atom. The number of nitriles is 1. The predicted molar refractivity (Wildman–Crippen MR) is 81.9 cm³/mol. The van der Waals surface area contributed by atoms with Gasteiger partial charge in [-0.3, -0.25) is 0 Å². The summed E-state index contributed by atoms with van der Waals surface area (Å²) in [4.78, 5) is 9.67. The van der Waals surface area contributed by atoms with E-state index in [1.807, 2.05) is 12.1 Å². The maximum absolute atomic E-state index is 9.82. The monoisotopic (exact) mass is 283 g/mol. The van der Waals surface area contributed by atoms with Crippen molar-refractivity contribution in [1.82, 2.24) is 0 Å². The van der Waals surface area contributed by atoms with E-state index in [0.717, 1.165) is 0 Å². The van der Waals surface area contributed by atoms with E-state index in [2.05, 4.69) is 55.1 Å². The van der Waals surface area contributed by atoms with E-state index in [-0.39, 0.29) is 4.91 Å². The molecule has 0 amide bonds. The molecule has 20 heavy (non-hydrogen) atoms. The lowest BCUT2D eigenvalue weighted by atomic mass is 10.1. The van der Waals surface area contributed by atoms with Crippen LogP contribution in [0.2, 0.25) is 0 Å². The molecule has 4 heteroatoms. The molecule has 0 aliphatic heterocycles. The zero-order chi connectivity index (χ0) is 14.8. The highest BCUT2D eigenvalue weighted by Gasteiger charge is 2.01. The van der Waals surface area contributed by atoms with Gasteiger partial charge in [-0.2, -0.15) is 5.26 Å². The lowest BCUT2D eigenvalue weighted by Crippen LogP contribution is -1.92. The number of benzene rings is 2. The Balaban J connectivity index is 0.000000221. The van der Waals surface area contributed by atoms with Crippen LogP contribution >= 0.6 is 11.8 Å². The number of thiocyanates is 1. The summed E-state index contributed by atoms with van der Waals surface area (Å²) < 4.78 is 0. The summed E-state index contributed by atoms with van der Waals surface area (Å²) in [7, 11) is 0. The van der Waals surface area contributed by atoms with E-state index >= 15 is 0 Å². The van der Waals surface area contributed by atoms with E-state index < -0.39 is 5.97 Å². The van der Waals surface area contributed by atoms with Crippen LogP contribution in [0.3, 0.4) is 0 Å². The average Bonchev–Trinajstić information content (AvgIpc) is 2.50. The summed E-state index contributed by atoms with van der Waals surface area (Å²) >= 11 is 0.551. The lowest BCUT2D eigenvalue weighted by molar-refractivity contribution is -0.131. The van der Waals surface area contributed by atoms with Crippen molar-refractivity contribution in [2.24, 2.45) is 0 Å². The number of aliphatic carboxylic acids is 1. The van der Waals surface area contributed by atoms with Crippen molar-refractivity contribution in [2.75, 3.05) is 0 Å². The van der Waals surface area contributed by atoms with Gasteiger partial charge in [-0.25, -0.2) is 4.79 Å². The number of hydrogen-bond acceptors (Lipinski definition) is 3. The molecule has 0 fully saturated rings. The van der Waals surface area contributed by atoms with Crippen molar-refractivity contribution in [2.45, 2.75) is 0 Å². The minimum Gasteiger partial charge on any atom is -0.477 e. The largest absolute Gasteiger partial charge is 0.477 e. The molecule has 0 aliphatic carbocycles. The summed E-state index contributed by atoms with van der Waals surface area (Å²) in [6.07, 6.45) is 0. The maximum atomic E-state index is 9.82. The first-order chi connectivity index (χ1) is 9.65. The van der Waals surface area contributed by atoms with Crippen LogP contribution in [0.15, 0.2) is 72.1 Å². The first-order valence-corrected chi connectivity index (χ1v) is 6.55. The predicted octanol–water partition coefficient (Wildman–Crippen LogP) is 4.15. The van der Waals surface area contributed by atoms with Gasteiger partial charge >= 0.3 is 5.97 Å². The van der Waals surface area contributed by atoms with Crippen LogP contribution in [0.1, 0.15) is 0 Å². The van der Waals surface area contributed by atoms with Crippen LogP contribution < -0.4 is 0 Å². The molecule has 0 radical (unpaired) electrons. The Kier molecular flexibility index (Phi) is 6.66. The van der Waals surface area contributed by atoms with Crippen molar-refractivity contribution in [3.8, 4) is 16.5 Å². The molecule has 0 saturated heterocycles. The first kappa shape index (κ1) is 15.5. The van der Waals surface area contributed by atoms with Crippen molar-refractivity contribution in [3.05, 3.63) is 72.1 Å². The zero-order valence-electron chi connectivity index (χ0n) is 10.7. The minimum absolute atomic E-state index is 0.146. The molecule has 0 aliphatic rings. The van der Waals surface area contributed by atoms with Gasteiger partial charge in [0, 0.05) is 0 Å². The second-order valence-corrected chi connectivity index (χ2v) is 4.53. The molecular formula is C16H13NO2S. The number of thioether (sulfide) groups is 1. The molecule has 2 aromatic rings. The van der Waals surface area contributed by atoms with Crippen molar-refractivity contribution in [1.29, 1.82) is 5.26 Å². The molecule has 100 valence electrons. The summed E-state index contributed by atoms with van der Waals surface area (Å²) in [5.74, 6) is -1.14. The number of carboxylic acid groups (broad SMARTS) is 1. The Bertz CT molecular complexity index is 566. The van der Waals surface area contributed by atoms with Crippen molar-refractivity contribution in [3.63, 3.8) is 0 Å². The molecular weight excluding hydrogens is 270 g/mol. The van der Waals surface area contributed by atoms with Gasteiger partial charge in [-0.15, -0.1) is 0 Å². The SMILES string of the molecule is C=C(SC#N)C(=O)O.c1ccc(-c2ccccc2)cc1. The number of carbonyl (C=O) groups is 1. The second-order valence-electron chi connectivity index (χ2n) is 3.65. The molecule has 0 spiro atoms. The fourth-order valence-corrected chi connectivity index (χ4v) is 1.56. The van der Waals surface area contributed by atoms with Crippen LogP contribution in [0.5, 0.6) is 0 Å². The summed E-state index contributed by atoms with van der Waals surface area (Å²) in [6.45, 7) is 3.08. The normalized spacial score (nSPS) is 8.75. The van der Waals surface area contributed by atoms with Gasteiger partial charge in [0.15, 0.2) is 0 Å². The van der Waals surface area contributed by atoms with E-state index in [9.17, 15) is 4.79 Å². The zero-order valence-corrected chi connectivity index (χ0v) is 11.5. The van der Waals surface area contributed by atoms with Gasteiger partial charge in [0.1, 0.15) is 10.3 Å². The van der Waals surface area contributed by atoms with E-state index in [0.29, 0.717) is 11.8 Å². The minimum atomic E-state index is -1.14. The number of carboxylic acids is 1. The Hall–Kier alpha value is -2.51. The van der Waals surface area contributed by atoms with Gasteiger partial charge in [-0.05, 0) is 22.9 Å². The van der Waals surface area contributed by atoms with Crippen LogP contribution in [0.4, 0.5) is 0 Å². The van der Waals surface area contributed by atoms with Crippen LogP contribution in [-0.2, 0) is 4.79 Å². The van der Waals surface area contributed by atoms with E-state index in [1.165, 1.54) is 11.1 Å². The number of nitrogens with zero attached hydrogens (tertiary/aromatic N) is 1. The van der Waals surface area contributed by atoms with E-state index in [1.54, 1.807) is 5.40 Å². The third kappa shape index (κ3) is 5.42. The molecule has 0 saturated carbocycles. The van der Waals surface area contributed by atoms with Crippen LogP contribution in [-0.4, -0.2) is 11.1 Å². The van der Waals surface area contributed by atoms with Gasteiger partial charge in [0.05, 0.1) is 0 Å². The third-order valence-corrected chi connectivity index (χ3v) is 2.80. The van der Waals surface area contributed by atoms with Gasteiger partial charge in [0.25, 0.3) is 0 Å². The number of hydrogen-bond donors (Lipinski definition) is 1. The summed E-state index contributed by atoms with van der Waals surface area (Å²) in [5, 5.41) is 17.5. The highest BCUT2D eigenvalue weighted by Crippen LogP contribution is 2.17. The highest BCUT2D eigenvalue weighted by molar-refractivity contribution is 8.08. The quantitative estimate of drug-likeness (QED) is 0.679. The second kappa shape index (κ2) is 8.57. The van der Waals surface area contributed by atoms with Crippen LogP contribution in [0, 0.1) is 10.7 Å². The maximum Gasteiger partial charge on any atom is 0.342 e. The smallest absolute Gasteiger partial charge is 0.342 e. The fourth-order valence-electron chi connectivity index (χ4n) is 1.36. The molecule has 0 atom stereocenters. The molecule has 3 nitrogen and oxygen atoms in total. The highest BCUT2D eigenvalue weighted by atomic mass is 32.2. The van der Waals surface area contributed by atoms with Crippen molar-refractivity contribution >= 4 is 17.7 Å². The summed E-state index contributed by atoms with van der Waals surface area (Å²) in [5.41, 5.74) is 2.55.